The van der Waals surface area contributed by atoms with Crippen molar-refractivity contribution in [2.45, 2.75) is 20.0 Å². The quantitative estimate of drug-likeness (QED) is 0.414. The minimum absolute atomic E-state index is 0.320. The van der Waals surface area contributed by atoms with Gasteiger partial charge in [0, 0.05) is 16.3 Å². The van der Waals surface area contributed by atoms with Crippen molar-refractivity contribution < 1.29 is 14.3 Å². The van der Waals surface area contributed by atoms with Gasteiger partial charge in [-0.05, 0) is 49.7 Å². The molecule has 0 fully saturated rings. The Labute approximate surface area is 184 Å². The lowest BCUT2D eigenvalue weighted by Crippen LogP contribution is -2.30. The molecule has 0 bridgehead atoms. The van der Waals surface area contributed by atoms with Gasteiger partial charge >= 0.3 is 5.97 Å². The van der Waals surface area contributed by atoms with Crippen molar-refractivity contribution in [3.63, 3.8) is 0 Å². The Morgan fingerprint density at radius 2 is 1.81 bits per heavy atom. The lowest BCUT2D eigenvalue weighted by Gasteiger charge is -2.16. The molecule has 0 saturated heterocycles. The summed E-state index contributed by atoms with van der Waals surface area (Å²) in [4.78, 5) is 33.2. The van der Waals surface area contributed by atoms with Crippen LogP contribution in [0.1, 0.15) is 22.8 Å². The van der Waals surface area contributed by atoms with Gasteiger partial charge in [0.2, 0.25) is 0 Å². The number of fused-ring (bicyclic) bond motifs is 1. The summed E-state index contributed by atoms with van der Waals surface area (Å²) >= 11 is 6.00. The zero-order chi connectivity index (χ0) is 22.0. The van der Waals surface area contributed by atoms with Crippen molar-refractivity contribution in [2.75, 3.05) is 5.32 Å². The van der Waals surface area contributed by atoms with Crippen molar-refractivity contribution in [1.29, 1.82) is 0 Å². The van der Waals surface area contributed by atoms with E-state index in [4.69, 9.17) is 16.3 Å². The summed E-state index contributed by atoms with van der Waals surface area (Å²) < 4.78 is 5.45. The lowest BCUT2D eigenvalue weighted by molar-refractivity contribution is -0.123. The van der Waals surface area contributed by atoms with Crippen LogP contribution in [-0.4, -0.2) is 27.9 Å². The second kappa shape index (κ2) is 8.62. The van der Waals surface area contributed by atoms with Gasteiger partial charge in [0.15, 0.2) is 6.10 Å². The molecule has 1 atom stereocenters. The number of rotatable bonds is 5. The number of nitrogens with zero attached hydrogens (tertiary/aromatic N) is 1. The number of carbonyl (C=O) groups excluding carboxylic acids is 2. The molecule has 4 rings (SSSR count). The van der Waals surface area contributed by atoms with Gasteiger partial charge in [-0.3, -0.25) is 4.79 Å². The van der Waals surface area contributed by atoms with E-state index in [2.05, 4.69) is 15.3 Å². The molecule has 0 spiro atoms. The van der Waals surface area contributed by atoms with E-state index in [1.54, 1.807) is 36.4 Å². The van der Waals surface area contributed by atoms with E-state index >= 15 is 0 Å². The highest BCUT2D eigenvalue weighted by atomic mass is 35.5. The number of anilines is 1. The van der Waals surface area contributed by atoms with E-state index in [0.29, 0.717) is 27.7 Å². The number of aromatic nitrogens is 2. The monoisotopic (exact) mass is 433 g/mol. The number of hydrogen-bond acceptors (Lipinski definition) is 4. The zero-order valence-corrected chi connectivity index (χ0v) is 17.7. The van der Waals surface area contributed by atoms with E-state index < -0.39 is 18.0 Å². The first kappa shape index (κ1) is 20.6. The zero-order valence-electron chi connectivity index (χ0n) is 17.0. The van der Waals surface area contributed by atoms with Gasteiger partial charge < -0.3 is 15.0 Å². The first-order valence-electron chi connectivity index (χ1n) is 9.74. The fraction of sp³-hybridized carbons (Fsp3) is 0.125. The minimum Gasteiger partial charge on any atom is -0.449 e. The lowest BCUT2D eigenvalue weighted by atomic mass is 10.1. The summed E-state index contributed by atoms with van der Waals surface area (Å²) in [5.74, 6) is -0.498. The number of hydrogen-bond donors (Lipinski definition) is 2. The molecule has 4 aromatic rings. The smallest absolute Gasteiger partial charge is 0.339 e. The fourth-order valence-corrected chi connectivity index (χ4v) is 3.36. The van der Waals surface area contributed by atoms with Gasteiger partial charge in [-0.2, -0.15) is 0 Å². The largest absolute Gasteiger partial charge is 0.449 e. The number of aromatic amines is 1. The molecule has 1 heterocycles. The van der Waals surface area contributed by atoms with Crippen LogP contribution in [0.3, 0.4) is 0 Å². The first-order chi connectivity index (χ1) is 14.9. The van der Waals surface area contributed by atoms with Crippen LogP contribution < -0.4 is 5.32 Å². The van der Waals surface area contributed by atoms with Crippen molar-refractivity contribution in [1.82, 2.24) is 9.97 Å². The minimum atomic E-state index is -1.00. The Bertz CT molecular complexity index is 1250. The van der Waals surface area contributed by atoms with Crippen LogP contribution >= 0.6 is 11.6 Å². The third-order valence-electron chi connectivity index (χ3n) is 4.90. The van der Waals surface area contributed by atoms with Crippen LogP contribution in [0.15, 0.2) is 66.7 Å². The summed E-state index contributed by atoms with van der Waals surface area (Å²) in [7, 11) is 0. The molecule has 2 N–H and O–H groups in total. The van der Waals surface area contributed by atoms with E-state index in [1.165, 1.54) is 6.92 Å². The third-order valence-corrected chi connectivity index (χ3v) is 5.14. The maximum absolute atomic E-state index is 12.9. The fourth-order valence-electron chi connectivity index (χ4n) is 3.19. The number of nitrogens with one attached hydrogen (secondary N) is 2. The van der Waals surface area contributed by atoms with Crippen molar-refractivity contribution in [3.05, 3.63) is 82.9 Å². The van der Waals surface area contributed by atoms with Crippen LogP contribution in [0.4, 0.5) is 5.69 Å². The molecule has 31 heavy (non-hydrogen) atoms. The number of carbonyl (C=O) groups is 2. The molecular formula is C24H20ClN3O3. The van der Waals surface area contributed by atoms with E-state index in [9.17, 15) is 9.59 Å². The van der Waals surface area contributed by atoms with Crippen molar-refractivity contribution >= 4 is 40.2 Å². The predicted molar refractivity (Wildman–Crippen MR) is 121 cm³/mol. The van der Waals surface area contributed by atoms with E-state index in [1.807, 2.05) is 37.3 Å². The highest BCUT2D eigenvalue weighted by molar-refractivity contribution is 6.31. The van der Waals surface area contributed by atoms with Gasteiger partial charge in [-0.25, -0.2) is 9.78 Å². The summed E-state index contributed by atoms with van der Waals surface area (Å²) in [6.07, 6.45) is -1.00. The Morgan fingerprint density at radius 3 is 2.61 bits per heavy atom. The number of esters is 1. The molecule has 7 heteroatoms. The second-order valence-electron chi connectivity index (χ2n) is 7.14. The van der Waals surface area contributed by atoms with Gasteiger partial charge in [-0.15, -0.1) is 0 Å². The van der Waals surface area contributed by atoms with Crippen molar-refractivity contribution in [3.8, 4) is 11.4 Å². The maximum atomic E-state index is 12.9. The van der Waals surface area contributed by atoms with Crippen LogP contribution in [0.25, 0.3) is 22.4 Å². The Kier molecular flexibility index (Phi) is 5.73. The Morgan fingerprint density at radius 1 is 1.06 bits per heavy atom. The molecule has 1 aromatic heterocycles. The highest BCUT2D eigenvalue weighted by Gasteiger charge is 2.22. The number of halogens is 1. The second-order valence-corrected chi connectivity index (χ2v) is 7.58. The molecule has 0 aliphatic heterocycles. The SMILES string of the molecule is Cc1ccc(Cl)cc1NC(=O)C(C)OC(=O)c1ccccc1-c1nc2ccccc2[nH]1. The van der Waals surface area contributed by atoms with Crippen LogP contribution in [-0.2, 0) is 9.53 Å². The topological polar surface area (TPSA) is 84.1 Å². The average molecular weight is 434 g/mol. The normalized spacial score (nSPS) is 11.8. The van der Waals surface area contributed by atoms with Gasteiger partial charge in [0.05, 0.1) is 16.6 Å². The Balaban J connectivity index is 1.53. The number of imidazole rings is 1. The van der Waals surface area contributed by atoms with E-state index in [-0.39, 0.29) is 0 Å². The summed E-state index contributed by atoms with van der Waals surface area (Å²) in [5, 5.41) is 3.26. The van der Waals surface area contributed by atoms with Crippen molar-refractivity contribution in [2.24, 2.45) is 0 Å². The number of benzene rings is 3. The number of para-hydroxylation sites is 2. The van der Waals surface area contributed by atoms with Gasteiger partial charge in [-0.1, -0.05) is 48.0 Å². The summed E-state index contributed by atoms with van der Waals surface area (Å²) in [6, 6.07) is 19.8. The van der Waals surface area contributed by atoms with Gasteiger partial charge in [0.1, 0.15) is 5.82 Å². The summed E-state index contributed by atoms with van der Waals surface area (Å²) in [6.45, 7) is 3.38. The van der Waals surface area contributed by atoms with Crippen LogP contribution in [0.5, 0.6) is 0 Å². The standard InChI is InChI=1S/C24H20ClN3O3/c1-14-11-12-16(25)13-21(14)28-23(29)15(2)31-24(30)18-8-4-3-7-17(18)22-26-19-9-5-6-10-20(19)27-22/h3-13,15H,1-2H3,(H,26,27)(H,28,29). The molecule has 1 unspecified atom stereocenters. The average Bonchev–Trinajstić information content (AvgIpc) is 3.20. The predicted octanol–water partition coefficient (Wildman–Crippen LogP) is 5.38. The molecule has 1 amide bonds. The molecule has 0 saturated carbocycles. The van der Waals surface area contributed by atoms with Crippen LogP contribution in [0.2, 0.25) is 5.02 Å². The maximum Gasteiger partial charge on any atom is 0.339 e. The number of H-pyrrole nitrogens is 1. The number of ether oxygens (including phenoxy) is 1. The van der Waals surface area contributed by atoms with Gasteiger partial charge in [0.25, 0.3) is 5.91 Å². The molecule has 0 radical (unpaired) electrons. The van der Waals surface area contributed by atoms with E-state index in [0.717, 1.165) is 16.6 Å². The third kappa shape index (κ3) is 4.44. The molecule has 156 valence electrons. The summed E-state index contributed by atoms with van der Waals surface area (Å²) in [5.41, 5.74) is 4.01. The molecule has 3 aromatic carbocycles. The first-order valence-corrected chi connectivity index (χ1v) is 10.1. The number of amides is 1. The number of aryl methyl sites for hydroxylation is 1. The molecule has 0 aliphatic rings. The van der Waals surface area contributed by atoms with Crippen LogP contribution in [0, 0.1) is 6.92 Å². The molecule has 0 aliphatic carbocycles. The molecular weight excluding hydrogens is 414 g/mol. The molecule has 6 nitrogen and oxygen atoms in total. The highest BCUT2D eigenvalue weighted by Crippen LogP contribution is 2.25. The Hall–Kier alpha value is -3.64.